The molecular formula is C8H10O5S. The molecule has 0 amide bonds. The van der Waals surface area contributed by atoms with E-state index >= 15 is 0 Å². The molecule has 2 rings (SSSR count). The van der Waals surface area contributed by atoms with E-state index < -0.39 is 32.9 Å². The van der Waals surface area contributed by atoms with E-state index in [0.29, 0.717) is 0 Å². The van der Waals surface area contributed by atoms with Crippen LogP contribution in [0.3, 0.4) is 0 Å². The fraction of sp³-hybridized carbons (Fsp3) is 0.750. The molecule has 2 fully saturated rings. The quantitative estimate of drug-likeness (QED) is 0.638. The summed E-state index contributed by atoms with van der Waals surface area (Å²) in [6.07, 6.45) is 0.150. The van der Waals surface area contributed by atoms with Crippen molar-refractivity contribution in [1.82, 2.24) is 0 Å². The molecule has 6 heteroatoms. The van der Waals surface area contributed by atoms with E-state index in [0.717, 1.165) is 0 Å². The van der Waals surface area contributed by atoms with Gasteiger partial charge in [-0.1, -0.05) is 0 Å². The normalized spacial score (nSPS) is 39.7. The Morgan fingerprint density at radius 1 is 1.36 bits per heavy atom. The van der Waals surface area contributed by atoms with Crippen molar-refractivity contribution in [3.8, 4) is 0 Å². The number of aliphatic carboxylic acids is 1. The second-order valence-corrected chi connectivity index (χ2v) is 6.15. The third-order valence-electron chi connectivity index (χ3n) is 3.00. The van der Waals surface area contributed by atoms with Gasteiger partial charge in [0.2, 0.25) is 0 Å². The maximum absolute atomic E-state index is 11.4. The molecular weight excluding hydrogens is 208 g/mol. The van der Waals surface area contributed by atoms with E-state index in [1.54, 1.807) is 0 Å². The molecule has 2 bridgehead atoms. The van der Waals surface area contributed by atoms with E-state index in [1.165, 1.54) is 0 Å². The molecule has 1 aliphatic carbocycles. The molecule has 2 aliphatic rings. The van der Waals surface area contributed by atoms with Gasteiger partial charge in [0.05, 0.1) is 11.7 Å². The van der Waals surface area contributed by atoms with Crippen LogP contribution in [0.2, 0.25) is 0 Å². The molecule has 0 radical (unpaired) electrons. The fourth-order valence-corrected chi connectivity index (χ4v) is 4.43. The molecule has 1 aliphatic heterocycles. The Kier molecular flexibility index (Phi) is 1.92. The van der Waals surface area contributed by atoms with Crippen LogP contribution in [-0.2, 0) is 19.4 Å². The van der Waals surface area contributed by atoms with Crippen molar-refractivity contribution in [2.75, 3.05) is 5.75 Å². The summed E-state index contributed by atoms with van der Waals surface area (Å²) < 4.78 is 22.8. The van der Waals surface area contributed by atoms with Crippen LogP contribution >= 0.6 is 0 Å². The Hall–Kier alpha value is -0.910. The molecule has 0 spiro atoms. The lowest BCUT2D eigenvalue weighted by molar-refractivity contribution is -0.144. The van der Waals surface area contributed by atoms with Gasteiger partial charge >= 0.3 is 5.97 Å². The first-order valence-electron chi connectivity index (χ1n) is 4.40. The SMILES string of the molecule is O=C(O)[C@@H]1C[C@H]2CS(=O)(=O)[C@@H](C1)C2=O. The predicted octanol–water partition coefficient (Wildman–Crippen LogP) is -0.537. The smallest absolute Gasteiger partial charge is 0.306 e. The number of ketones is 1. The van der Waals surface area contributed by atoms with Gasteiger partial charge in [0, 0.05) is 5.92 Å². The molecule has 0 aromatic heterocycles. The van der Waals surface area contributed by atoms with Crippen LogP contribution in [-0.4, -0.2) is 36.3 Å². The number of sulfone groups is 1. The number of carboxylic acids is 1. The van der Waals surface area contributed by atoms with Crippen molar-refractivity contribution >= 4 is 21.6 Å². The number of hydrogen-bond donors (Lipinski definition) is 1. The van der Waals surface area contributed by atoms with Gasteiger partial charge in [0.15, 0.2) is 15.6 Å². The van der Waals surface area contributed by atoms with Crippen molar-refractivity contribution < 1.29 is 23.1 Å². The van der Waals surface area contributed by atoms with Crippen LogP contribution in [0.4, 0.5) is 0 Å². The van der Waals surface area contributed by atoms with E-state index in [2.05, 4.69) is 0 Å². The van der Waals surface area contributed by atoms with Gasteiger partial charge in [-0.15, -0.1) is 0 Å². The summed E-state index contributed by atoms with van der Waals surface area (Å²) in [5.74, 6) is -2.66. The predicted molar refractivity (Wildman–Crippen MR) is 46.4 cm³/mol. The summed E-state index contributed by atoms with van der Waals surface area (Å²) in [4.78, 5) is 22.1. The van der Waals surface area contributed by atoms with E-state index in [4.69, 9.17) is 5.11 Å². The minimum atomic E-state index is -3.35. The molecule has 14 heavy (non-hydrogen) atoms. The molecule has 1 heterocycles. The average molecular weight is 218 g/mol. The summed E-state index contributed by atoms with van der Waals surface area (Å²) in [5, 5.41) is 7.71. The highest BCUT2D eigenvalue weighted by atomic mass is 32.2. The highest BCUT2D eigenvalue weighted by Crippen LogP contribution is 2.38. The monoisotopic (exact) mass is 218 g/mol. The van der Waals surface area contributed by atoms with E-state index in [-0.39, 0.29) is 24.4 Å². The summed E-state index contributed by atoms with van der Waals surface area (Å²) in [7, 11) is -3.35. The minimum absolute atomic E-state index is 0.0347. The lowest BCUT2D eigenvalue weighted by Crippen LogP contribution is -2.35. The molecule has 78 valence electrons. The molecule has 0 aromatic rings. The number of fused-ring (bicyclic) bond motifs is 2. The van der Waals surface area contributed by atoms with Crippen molar-refractivity contribution in [1.29, 1.82) is 0 Å². The van der Waals surface area contributed by atoms with Gasteiger partial charge in [-0.2, -0.15) is 0 Å². The first-order chi connectivity index (χ1) is 6.42. The number of Topliss-reactive ketones (excluding diaryl/α,β-unsaturated/α-hetero) is 1. The summed E-state index contributed by atoms with van der Waals surface area (Å²) >= 11 is 0. The first-order valence-corrected chi connectivity index (χ1v) is 6.11. The van der Waals surface area contributed by atoms with Gasteiger partial charge < -0.3 is 5.11 Å². The molecule has 5 nitrogen and oxygen atoms in total. The van der Waals surface area contributed by atoms with Crippen LogP contribution in [0, 0.1) is 11.8 Å². The molecule has 3 atom stereocenters. The van der Waals surface area contributed by atoms with Crippen LogP contribution in [0.1, 0.15) is 12.8 Å². The number of rotatable bonds is 1. The fourth-order valence-electron chi connectivity index (χ4n) is 2.27. The first kappa shape index (κ1) is 9.64. The number of carboxylic acid groups (broad SMARTS) is 1. The van der Waals surface area contributed by atoms with Crippen LogP contribution in [0.15, 0.2) is 0 Å². The number of hydrogen-bond acceptors (Lipinski definition) is 4. The zero-order chi connectivity index (χ0) is 10.5. The van der Waals surface area contributed by atoms with Crippen molar-refractivity contribution in [3.05, 3.63) is 0 Å². The summed E-state index contributed by atoms with van der Waals surface area (Å²) in [6, 6.07) is 0. The molecule has 1 N–H and O–H groups in total. The second-order valence-electron chi connectivity index (χ2n) is 3.92. The average Bonchev–Trinajstić information content (AvgIpc) is 2.22. The largest absolute Gasteiger partial charge is 0.481 e. The third kappa shape index (κ3) is 1.25. The summed E-state index contributed by atoms with van der Waals surface area (Å²) in [6.45, 7) is 0. The minimum Gasteiger partial charge on any atom is -0.481 e. The van der Waals surface area contributed by atoms with Gasteiger partial charge in [0.25, 0.3) is 0 Å². The molecule has 0 unspecified atom stereocenters. The Morgan fingerprint density at radius 3 is 2.50 bits per heavy atom. The van der Waals surface area contributed by atoms with E-state index in [9.17, 15) is 18.0 Å². The maximum Gasteiger partial charge on any atom is 0.306 e. The summed E-state index contributed by atoms with van der Waals surface area (Å²) in [5.41, 5.74) is 0. The zero-order valence-corrected chi connectivity index (χ0v) is 8.16. The maximum atomic E-state index is 11.4. The van der Waals surface area contributed by atoms with Gasteiger partial charge in [-0.25, -0.2) is 8.42 Å². The van der Waals surface area contributed by atoms with Crippen molar-refractivity contribution in [3.63, 3.8) is 0 Å². The van der Waals surface area contributed by atoms with Gasteiger partial charge in [-0.05, 0) is 12.8 Å². The Balaban J connectivity index is 2.33. The lowest BCUT2D eigenvalue weighted by Gasteiger charge is -2.21. The van der Waals surface area contributed by atoms with Crippen molar-refractivity contribution in [2.45, 2.75) is 18.1 Å². The van der Waals surface area contributed by atoms with Gasteiger partial charge in [0.1, 0.15) is 5.25 Å². The number of carbonyl (C=O) groups is 2. The Morgan fingerprint density at radius 2 is 2.00 bits per heavy atom. The molecule has 1 saturated carbocycles. The number of carbonyl (C=O) groups excluding carboxylic acids is 1. The van der Waals surface area contributed by atoms with Crippen LogP contribution in [0.5, 0.6) is 0 Å². The molecule has 1 saturated heterocycles. The highest BCUT2D eigenvalue weighted by molar-refractivity contribution is 7.93. The van der Waals surface area contributed by atoms with E-state index in [1.807, 2.05) is 0 Å². The Labute approximate surface area is 81.0 Å². The van der Waals surface area contributed by atoms with Crippen molar-refractivity contribution in [2.24, 2.45) is 11.8 Å². The zero-order valence-electron chi connectivity index (χ0n) is 7.34. The van der Waals surface area contributed by atoms with Gasteiger partial charge in [-0.3, -0.25) is 9.59 Å². The Bertz CT molecular complexity index is 396. The topological polar surface area (TPSA) is 88.5 Å². The molecule has 0 aromatic carbocycles. The lowest BCUT2D eigenvalue weighted by atomic mass is 9.81. The van der Waals surface area contributed by atoms with Crippen LogP contribution in [0.25, 0.3) is 0 Å². The standard InChI is InChI=1S/C8H10O5S/c9-7-5-1-4(8(10)11)2-6(7)14(12,13)3-5/h4-6H,1-3H2,(H,10,11)/t4-,5+,6+/m1/s1. The second kappa shape index (κ2) is 2.79. The van der Waals surface area contributed by atoms with Crippen LogP contribution < -0.4 is 0 Å². The third-order valence-corrected chi connectivity index (χ3v) is 5.16. The highest BCUT2D eigenvalue weighted by Gasteiger charge is 2.52.